The molecule has 7 heteroatoms. The Bertz CT molecular complexity index is 1010. The van der Waals surface area contributed by atoms with Crippen molar-refractivity contribution in [3.63, 3.8) is 0 Å². The number of aromatic nitrogens is 1. The van der Waals surface area contributed by atoms with E-state index in [1.54, 1.807) is 30.3 Å². The van der Waals surface area contributed by atoms with Crippen molar-refractivity contribution in [2.45, 2.75) is 0 Å². The molecule has 3 aromatic rings. The van der Waals surface area contributed by atoms with Crippen molar-refractivity contribution < 1.29 is 13.9 Å². The Morgan fingerprint density at radius 1 is 1.04 bits per heavy atom. The zero-order chi connectivity index (χ0) is 18.8. The van der Waals surface area contributed by atoms with Crippen LogP contribution in [-0.2, 0) is 0 Å². The first kappa shape index (κ1) is 18.6. The molecule has 2 aromatic carbocycles. The van der Waals surface area contributed by atoms with Gasteiger partial charge >= 0.3 is 0 Å². The maximum atomic E-state index is 14.3. The summed E-state index contributed by atoms with van der Waals surface area (Å²) in [4.78, 5) is 15.0. The molecule has 3 nitrogen and oxygen atoms in total. The van der Waals surface area contributed by atoms with Crippen molar-refractivity contribution in [1.82, 2.24) is 4.98 Å². The number of rotatable bonds is 4. The maximum Gasteiger partial charge on any atom is 0.156 e. The van der Waals surface area contributed by atoms with Crippen LogP contribution in [0.4, 0.5) is 4.39 Å². The number of carbonyl (C=O) groups is 1. The fourth-order valence-corrected chi connectivity index (χ4v) is 3.33. The molecule has 26 heavy (non-hydrogen) atoms. The van der Waals surface area contributed by atoms with Gasteiger partial charge in [-0.15, -0.1) is 0 Å². The molecule has 0 amide bonds. The van der Waals surface area contributed by atoms with E-state index in [1.165, 1.54) is 19.4 Å². The van der Waals surface area contributed by atoms with Crippen LogP contribution in [0.1, 0.15) is 10.4 Å². The van der Waals surface area contributed by atoms with Crippen molar-refractivity contribution in [2.75, 3.05) is 7.11 Å². The van der Waals surface area contributed by atoms with Crippen LogP contribution in [0, 0.1) is 5.82 Å². The van der Waals surface area contributed by atoms with Crippen LogP contribution < -0.4 is 4.74 Å². The van der Waals surface area contributed by atoms with Crippen molar-refractivity contribution in [3.05, 3.63) is 69.2 Å². The normalized spacial score (nSPS) is 10.7. The molecule has 0 unspecified atom stereocenters. The molecule has 0 fully saturated rings. The van der Waals surface area contributed by atoms with Crippen LogP contribution in [-0.4, -0.2) is 18.4 Å². The number of pyridine rings is 1. The highest BCUT2D eigenvalue weighted by atomic mass is 35.5. The summed E-state index contributed by atoms with van der Waals surface area (Å²) in [7, 11) is 1.36. The molecular weight excluding hydrogens is 400 g/mol. The highest BCUT2D eigenvalue weighted by molar-refractivity contribution is 6.43. The maximum absolute atomic E-state index is 14.3. The van der Waals surface area contributed by atoms with Crippen molar-refractivity contribution in [2.24, 2.45) is 0 Å². The van der Waals surface area contributed by atoms with Crippen LogP contribution in [0.3, 0.4) is 0 Å². The molecule has 3 rings (SSSR count). The van der Waals surface area contributed by atoms with E-state index in [-0.39, 0.29) is 21.5 Å². The van der Waals surface area contributed by atoms with Crippen LogP contribution in [0.5, 0.6) is 5.75 Å². The van der Waals surface area contributed by atoms with Gasteiger partial charge in [0.15, 0.2) is 6.29 Å². The summed E-state index contributed by atoms with van der Waals surface area (Å²) in [5.74, 6) is -0.567. The average molecular weight is 411 g/mol. The summed E-state index contributed by atoms with van der Waals surface area (Å²) >= 11 is 18.8. The number of nitrogens with zero attached hydrogens (tertiary/aromatic N) is 1. The van der Waals surface area contributed by atoms with E-state index in [1.807, 2.05) is 0 Å². The number of halogens is 4. The minimum absolute atomic E-state index is 0.126. The molecule has 1 heterocycles. The van der Waals surface area contributed by atoms with E-state index in [2.05, 4.69) is 4.98 Å². The largest absolute Gasteiger partial charge is 0.496 e. The number of aldehydes is 1. The van der Waals surface area contributed by atoms with Crippen LogP contribution in [0.15, 0.2) is 42.6 Å². The Morgan fingerprint density at radius 3 is 2.42 bits per heavy atom. The van der Waals surface area contributed by atoms with Gasteiger partial charge in [-0.25, -0.2) is 9.37 Å². The lowest BCUT2D eigenvalue weighted by molar-refractivity contribution is 0.111. The Kier molecular flexibility index (Phi) is 5.47. The minimum Gasteiger partial charge on any atom is -0.496 e. The smallest absolute Gasteiger partial charge is 0.156 e. The van der Waals surface area contributed by atoms with Crippen LogP contribution in [0.2, 0.25) is 15.2 Å². The number of benzene rings is 2. The second-order valence-corrected chi connectivity index (χ2v) is 6.44. The predicted octanol–water partition coefficient (Wildman–Crippen LogP) is 6.34. The molecule has 0 aliphatic heterocycles. The topological polar surface area (TPSA) is 39.2 Å². The standard InChI is InChI=1S/C19H11Cl3FNO2/c1-26-16-8-10(7-15(23)14(16)9-25)11-3-2-4-12(17(11)20)13-5-6-24-19(22)18(13)21/h2-9H,1H3. The van der Waals surface area contributed by atoms with Gasteiger partial charge in [0, 0.05) is 22.9 Å². The van der Waals surface area contributed by atoms with E-state index in [4.69, 9.17) is 39.5 Å². The SMILES string of the molecule is COc1cc(-c2cccc(-c3ccnc(Cl)c3Cl)c2Cl)cc(F)c1C=O. The van der Waals surface area contributed by atoms with Crippen molar-refractivity contribution in [3.8, 4) is 28.0 Å². The monoisotopic (exact) mass is 409 g/mol. The first-order valence-corrected chi connectivity index (χ1v) is 8.53. The molecule has 0 bridgehead atoms. The number of hydrogen-bond acceptors (Lipinski definition) is 3. The average Bonchev–Trinajstić information content (AvgIpc) is 2.63. The Morgan fingerprint density at radius 2 is 1.73 bits per heavy atom. The fraction of sp³-hybridized carbons (Fsp3) is 0.0526. The van der Waals surface area contributed by atoms with E-state index >= 15 is 0 Å². The van der Waals surface area contributed by atoms with E-state index in [0.29, 0.717) is 33.6 Å². The molecule has 1 aromatic heterocycles. The molecular formula is C19H11Cl3FNO2. The third-order valence-corrected chi connectivity index (χ3v) is 5.05. The minimum atomic E-state index is -0.694. The molecule has 0 saturated heterocycles. The van der Waals surface area contributed by atoms with Gasteiger partial charge in [0.25, 0.3) is 0 Å². The lowest BCUT2D eigenvalue weighted by Crippen LogP contribution is -1.96. The van der Waals surface area contributed by atoms with Gasteiger partial charge in [-0.05, 0) is 23.8 Å². The van der Waals surface area contributed by atoms with Gasteiger partial charge < -0.3 is 4.74 Å². The lowest BCUT2D eigenvalue weighted by Gasteiger charge is -2.13. The van der Waals surface area contributed by atoms with Gasteiger partial charge in [0.1, 0.15) is 16.7 Å². The molecule has 0 saturated carbocycles. The molecule has 0 N–H and O–H groups in total. The number of carbonyl (C=O) groups excluding carboxylic acids is 1. The first-order chi connectivity index (χ1) is 12.5. The molecule has 0 radical (unpaired) electrons. The summed E-state index contributed by atoms with van der Waals surface area (Å²) < 4.78 is 19.4. The fourth-order valence-electron chi connectivity index (χ4n) is 2.62. The van der Waals surface area contributed by atoms with E-state index < -0.39 is 5.82 Å². The third-order valence-electron chi connectivity index (χ3n) is 3.88. The second kappa shape index (κ2) is 7.62. The summed E-state index contributed by atoms with van der Waals surface area (Å²) in [5.41, 5.74) is 2.11. The Balaban J connectivity index is 2.21. The van der Waals surface area contributed by atoms with E-state index in [9.17, 15) is 9.18 Å². The van der Waals surface area contributed by atoms with E-state index in [0.717, 1.165) is 0 Å². The zero-order valence-corrected chi connectivity index (χ0v) is 15.7. The highest BCUT2D eigenvalue weighted by Gasteiger charge is 2.17. The summed E-state index contributed by atoms with van der Waals surface area (Å²) in [6, 6.07) is 9.75. The molecule has 132 valence electrons. The summed E-state index contributed by atoms with van der Waals surface area (Å²) in [5, 5.41) is 0.791. The third kappa shape index (κ3) is 3.28. The number of ether oxygens (including phenoxy) is 1. The number of methoxy groups -OCH3 is 1. The van der Waals surface area contributed by atoms with Crippen molar-refractivity contribution in [1.29, 1.82) is 0 Å². The summed E-state index contributed by atoms with van der Waals surface area (Å²) in [6.07, 6.45) is 1.93. The first-order valence-electron chi connectivity index (χ1n) is 7.40. The van der Waals surface area contributed by atoms with Gasteiger partial charge in [-0.2, -0.15) is 0 Å². The number of hydrogen-bond donors (Lipinski definition) is 0. The van der Waals surface area contributed by atoms with Gasteiger partial charge in [-0.1, -0.05) is 53.0 Å². The Labute approximate surface area is 164 Å². The van der Waals surface area contributed by atoms with Crippen LogP contribution >= 0.6 is 34.8 Å². The lowest BCUT2D eigenvalue weighted by atomic mass is 9.98. The second-order valence-electron chi connectivity index (χ2n) is 5.32. The zero-order valence-electron chi connectivity index (χ0n) is 13.4. The van der Waals surface area contributed by atoms with Crippen LogP contribution in [0.25, 0.3) is 22.3 Å². The molecule has 0 atom stereocenters. The van der Waals surface area contributed by atoms with Crippen molar-refractivity contribution >= 4 is 41.1 Å². The summed E-state index contributed by atoms with van der Waals surface area (Å²) in [6.45, 7) is 0. The van der Waals surface area contributed by atoms with Gasteiger partial charge in [-0.3, -0.25) is 4.79 Å². The molecule has 0 aliphatic rings. The highest BCUT2D eigenvalue weighted by Crippen LogP contribution is 2.41. The molecule has 0 aliphatic carbocycles. The predicted molar refractivity (Wildman–Crippen MR) is 102 cm³/mol. The molecule has 0 spiro atoms. The Hall–Kier alpha value is -2.14. The quantitative estimate of drug-likeness (QED) is 0.372. The van der Waals surface area contributed by atoms with Gasteiger partial charge in [0.05, 0.1) is 22.7 Å². The van der Waals surface area contributed by atoms with Gasteiger partial charge in [0.2, 0.25) is 0 Å².